The van der Waals surface area contributed by atoms with Crippen LogP contribution in [0.1, 0.15) is 38.1 Å². The summed E-state index contributed by atoms with van der Waals surface area (Å²) in [6.07, 6.45) is 2.43. The number of aromatic nitrogens is 2. The highest BCUT2D eigenvalue weighted by Crippen LogP contribution is 2.15. The highest BCUT2D eigenvalue weighted by atomic mass is 15.3. The molecule has 0 bridgehead atoms. The second-order valence-electron chi connectivity index (χ2n) is 4.34. The van der Waals surface area contributed by atoms with Gasteiger partial charge in [0.25, 0.3) is 0 Å². The van der Waals surface area contributed by atoms with Gasteiger partial charge in [-0.1, -0.05) is 13.8 Å². The van der Waals surface area contributed by atoms with E-state index in [1.54, 1.807) is 0 Å². The maximum absolute atomic E-state index is 5.85. The predicted molar refractivity (Wildman–Crippen MR) is 60.2 cm³/mol. The molecule has 1 aromatic heterocycles. The van der Waals surface area contributed by atoms with Crippen LogP contribution in [0.4, 0.5) is 5.69 Å². The molecule has 0 atom stereocenters. The molecule has 0 spiro atoms. The summed E-state index contributed by atoms with van der Waals surface area (Å²) in [6.45, 7) is 9.47. The van der Waals surface area contributed by atoms with Crippen molar-refractivity contribution in [1.29, 1.82) is 0 Å². The Hall–Kier alpha value is -0.990. The quantitative estimate of drug-likeness (QED) is 0.802. The van der Waals surface area contributed by atoms with E-state index in [9.17, 15) is 0 Å². The van der Waals surface area contributed by atoms with Crippen LogP contribution < -0.4 is 5.73 Å². The highest BCUT2D eigenvalue weighted by molar-refractivity contribution is 5.46. The number of nitrogens with two attached hydrogens (primary N) is 1. The van der Waals surface area contributed by atoms with Crippen LogP contribution in [-0.4, -0.2) is 9.78 Å². The number of aryl methyl sites for hydroxylation is 2. The molecule has 3 nitrogen and oxygen atoms in total. The molecule has 2 N–H and O–H groups in total. The molecule has 1 rings (SSSR count). The van der Waals surface area contributed by atoms with Gasteiger partial charge in [-0.2, -0.15) is 5.10 Å². The zero-order chi connectivity index (χ0) is 10.7. The van der Waals surface area contributed by atoms with Crippen LogP contribution in [0.2, 0.25) is 0 Å². The van der Waals surface area contributed by atoms with Crippen molar-refractivity contribution in [1.82, 2.24) is 9.78 Å². The molecule has 0 fully saturated rings. The first kappa shape index (κ1) is 11.1. The topological polar surface area (TPSA) is 43.8 Å². The lowest BCUT2D eigenvalue weighted by Gasteiger charge is -2.06. The standard InChI is InChI=1S/C11H21N3/c1-8(2)6-5-7-14-10(4)11(12)9(3)13-14/h8H,5-7,12H2,1-4H3. The van der Waals surface area contributed by atoms with Crippen LogP contribution in [0, 0.1) is 19.8 Å². The molecule has 14 heavy (non-hydrogen) atoms. The number of nitrogens with zero attached hydrogens (tertiary/aromatic N) is 2. The SMILES string of the molecule is Cc1nn(CCCC(C)C)c(C)c1N. The Balaban J connectivity index is 2.55. The number of hydrogen-bond donors (Lipinski definition) is 1. The first-order chi connectivity index (χ1) is 6.52. The molecule has 0 unspecified atom stereocenters. The van der Waals surface area contributed by atoms with Crippen molar-refractivity contribution in [3.05, 3.63) is 11.4 Å². The smallest absolute Gasteiger partial charge is 0.0825 e. The summed E-state index contributed by atoms with van der Waals surface area (Å²) < 4.78 is 2.02. The van der Waals surface area contributed by atoms with Gasteiger partial charge in [-0.3, -0.25) is 4.68 Å². The van der Waals surface area contributed by atoms with Crippen molar-refractivity contribution < 1.29 is 0 Å². The minimum atomic E-state index is 0.768. The third-order valence-electron chi connectivity index (χ3n) is 2.59. The molecule has 0 aromatic carbocycles. The van der Waals surface area contributed by atoms with Crippen molar-refractivity contribution in [2.75, 3.05) is 5.73 Å². The number of anilines is 1. The summed E-state index contributed by atoms with van der Waals surface area (Å²) in [5.74, 6) is 0.768. The van der Waals surface area contributed by atoms with E-state index in [1.807, 2.05) is 18.5 Å². The Bertz CT molecular complexity index is 300. The minimum absolute atomic E-state index is 0.768. The van der Waals surface area contributed by atoms with Gasteiger partial charge >= 0.3 is 0 Å². The molecular weight excluding hydrogens is 174 g/mol. The van der Waals surface area contributed by atoms with E-state index in [2.05, 4.69) is 18.9 Å². The van der Waals surface area contributed by atoms with Gasteiger partial charge in [0.05, 0.1) is 17.1 Å². The van der Waals surface area contributed by atoms with E-state index in [4.69, 9.17) is 5.73 Å². The average Bonchev–Trinajstić information content (AvgIpc) is 2.33. The van der Waals surface area contributed by atoms with Crippen LogP contribution in [-0.2, 0) is 6.54 Å². The summed E-state index contributed by atoms with van der Waals surface area (Å²) in [7, 11) is 0. The van der Waals surface area contributed by atoms with Crippen LogP contribution in [0.3, 0.4) is 0 Å². The van der Waals surface area contributed by atoms with Crippen molar-refractivity contribution >= 4 is 5.69 Å². The van der Waals surface area contributed by atoms with Gasteiger partial charge < -0.3 is 5.73 Å². The highest BCUT2D eigenvalue weighted by Gasteiger charge is 2.07. The zero-order valence-electron chi connectivity index (χ0n) is 9.67. The Morgan fingerprint density at radius 2 is 2.00 bits per heavy atom. The van der Waals surface area contributed by atoms with Gasteiger partial charge in [0.1, 0.15) is 0 Å². The van der Waals surface area contributed by atoms with Gasteiger partial charge in [0.15, 0.2) is 0 Å². The summed E-state index contributed by atoms with van der Waals surface area (Å²) in [5, 5.41) is 4.40. The largest absolute Gasteiger partial charge is 0.396 e. The maximum Gasteiger partial charge on any atom is 0.0825 e. The molecular formula is C11H21N3. The lowest BCUT2D eigenvalue weighted by Crippen LogP contribution is -2.04. The van der Waals surface area contributed by atoms with Crippen LogP contribution in [0.5, 0.6) is 0 Å². The average molecular weight is 195 g/mol. The number of rotatable bonds is 4. The molecule has 0 saturated carbocycles. The summed E-state index contributed by atoms with van der Waals surface area (Å²) >= 11 is 0. The van der Waals surface area contributed by atoms with Crippen molar-refractivity contribution in [2.24, 2.45) is 5.92 Å². The fourth-order valence-corrected chi connectivity index (χ4v) is 1.58. The van der Waals surface area contributed by atoms with Crippen LogP contribution >= 0.6 is 0 Å². The Kier molecular flexibility index (Phi) is 3.55. The van der Waals surface area contributed by atoms with Gasteiger partial charge in [-0.25, -0.2) is 0 Å². The monoisotopic (exact) mass is 195 g/mol. The fraction of sp³-hybridized carbons (Fsp3) is 0.727. The van der Waals surface area contributed by atoms with Gasteiger partial charge in [-0.05, 0) is 32.6 Å². The number of nitrogen functional groups attached to an aromatic ring is 1. The number of hydrogen-bond acceptors (Lipinski definition) is 2. The lowest BCUT2D eigenvalue weighted by molar-refractivity contribution is 0.483. The van der Waals surface area contributed by atoms with Gasteiger partial charge in [-0.15, -0.1) is 0 Å². The van der Waals surface area contributed by atoms with Crippen molar-refractivity contribution in [2.45, 2.75) is 47.1 Å². The van der Waals surface area contributed by atoms with Gasteiger partial charge in [0.2, 0.25) is 0 Å². The second-order valence-corrected chi connectivity index (χ2v) is 4.34. The first-order valence-corrected chi connectivity index (χ1v) is 5.32. The Morgan fingerprint density at radius 1 is 1.36 bits per heavy atom. The minimum Gasteiger partial charge on any atom is -0.396 e. The summed E-state index contributed by atoms with van der Waals surface area (Å²) in [4.78, 5) is 0. The molecule has 1 heterocycles. The Labute approximate surface area is 86.3 Å². The van der Waals surface area contributed by atoms with Crippen LogP contribution in [0.25, 0.3) is 0 Å². The summed E-state index contributed by atoms with van der Waals surface area (Å²) in [5.41, 5.74) is 8.75. The van der Waals surface area contributed by atoms with E-state index in [-0.39, 0.29) is 0 Å². The van der Waals surface area contributed by atoms with Crippen molar-refractivity contribution in [3.8, 4) is 0 Å². The Morgan fingerprint density at radius 3 is 2.43 bits per heavy atom. The van der Waals surface area contributed by atoms with Crippen LogP contribution in [0.15, 0.2) is 0 Å². The normalized spacial score (nSPS) is 11.2. The van der Waals surface area contributed by atoms with Crippen molar-refractivity contribution in [3.63, 3.8) is 0 Å². The molecule has 0 radical (unpaired) electrons. The molecule has 3 heteroatoms. The van der Waals surface area contributed by atoms with E-state index in [1.165, 1.54) is 12.8 Å². The lowest BCUT2D eigenvalue weighted by atomic mass is 10.1. The van der Waals surface area contributed by atoms with E-state index >= 15 is 0 Å². The third kappa shape index (κ3) is 2.50. The molecule has 0 aliphatic rings. The van der Waals surface area contributed by atoms with E-state index < -0.39 is 0 Å². The fourth-order valence-electron chi connectivity index (χ4n) is 1.58. The molecule has 80 valence electrons. The maximum atomic E-state index is 5.85. The third-order valence-corrected chi connectivity index (χ3v) is 2.59. The predicted octanol–water partition coefficient (Wildman–Crippen LogP) is 2.52. The first-order valence-electron chi connectivity index (χ1n) is 5.32. The van der Waals surface area contributed by atoms with E-state index in [0.29, 0.717) is 0 Å². The zero-order valence-corrected chi connectivity index (χ0v) is 9.67. The summed E-state index contributed by atoms with van der Waals surface area (Å²) in [6, 6.07) is 0. The van der Waals surface area contributed by atoms with Gasteiger partial charge in [0, 0.05) is 6.54 Å². The molecule has 1 aromatic rings. The molecule has 0 aliphatic carbocycles. The molecule has 0 amide bonds. The molecule has 0 saturated heterocycles. The second kappa shape index (κ2) is 4.49. The molecule has 0 aliphatic heterocycles. The van der Waals surface area contributed by atoms with E-state index in [0.717, 1.165) is 29.5 Å².